The third-order valence-electron chi connectivity index (χ3n) is 4.02. The van der Waals surface area contributed by atoms with Crippen molar-refractivity contribution in [1.29, 1.82) is 5.26 Å². The fourth-order valence-corrected chi connectivity index (χ4v) is 3.48. The molecule has 4 aromatic rings. The summed E-state index contributed by atoms with van der Waals surface area (Å²) in [7, 11) is 0. The molecular formula is C21H13FN4S. The van der Waals surface area contributed by atoms with E-state index < -0.39 is 0 Å². The number of hydrogen-bond acceptors (Lipinski definition) is 5. The number of anilines is 1. The van der Waals surface area contributed by atoms with Crippen LogP contribution in [0.15, 0.2) is 77.2 Å². The van der Waals surface area contributed by atoms with Gasteiger partial charge in [-0.3, -0.25) is 5.43 Å². The highest BCUT2D eigenvalue weighted by molar-refractivity contribution is 7.12. The Morgan fingerprint density at radius 1 is 1.04 bits per heavy atom. The van der Waals surface area contributed by atoms with Gasteiger partial charge in [-0.2, -0.15) is 10.4 Å². The maximum absolute atomic E-state index is 13.0. The van der Waals surface area contributed by atoms with Gasteiger partial charge in [0.15, 0.2) is 10.7 Å². The van der Waals surface area contributed by atoms with Crippen molar-refractivity contribution in [2.24, 2.45) is 5.10 Å². The summed E-state index contributed by atoms with van der Waals surface area (Å²) in [5.74, 6) is -0.329. The highest BCUT2D eigenvalue weighted by atomic mass is 32.1. The predicted molar refractivity (Wildman–Crippen MR) is 107 cm³/mol. The number of nitrogens with zero attached hydrogens (tertiary/aromatic N) is 3. The molecule has 130 valence electrons. The van der Waals surface area contributed by atoms with Crippen molar-refractivity contribution in [3.8, 4) is 17.3 Å². The molecule has 1 heterocycles. The lowest BCUT2D eigenvalue weighted by atomic mass is 10.0. The average molecular weight is 372 g/mol. The van der Waals surface area contributed by atoms with E-state index in [9.17, 15) is 9.65 Å². The van der Waals surface area contributed by atoms with Gasteiger partial charge < -0.3 is 0 Å². The molecule has 0 bridgehead atoms. The molecule has 0 aliphatic carbocycles. The topological polar surface area (TPSA) is 61.1 Å². The summed E-state index contributed by atoms with van der Waals surface area (Å²) < 4.78 is 13.0. The first-order chi connectivity index (χ1) is 13.2. The molecular weight excluding hydrogens is 359 g/mol. The monoisotopic (exact) mass is 372 g/mol. The van der Waals surface area contributed by atoms with Crippen molar-refractivity contribution in [3.63, 3.8) is 0 Å². The number of hydrazone groups is 1. The SMILES string of the molecule is N#C/C(=N/Nc1ccc(F)cc1)c1nc(-c2cccc3ccccc23)cs1. The Hall–Kier alpha value is -3.56. The molecule has 0 amide bonds. The number of fused-ring (bicyclic) bond motifs is 1. The normalized spacial score (nSPS) is 11.3. The summed E-state index contributed by atoms with van der Waals surface area (Å²) in [6.45, 7) is 0. The van der Waals surface area contributed by atoms with E-state index in [1.54, 1.807) is 12.1 Å². The van der Waals surface area contributed by atoms with Gasteiger partial charge in [-0.25, -0.2) is 9.37 Å². The number of thiazole rings is 1. The Balaban J connectivity index is 1.65. The van der Waals surface area contributed by atoms with Crippen molar-refractivity contribution in [3.05, 3.63) is 82.9 Å². The zero-order valence-corrected chi connectivity index (χ0v) is 14.9. The van der Waals surface area contributed by atoms with E-state index in [0.29, 0.717) is 10.7 Å². The number of rotatable bonds is 4. The number of nitrogens with one attached hydrogen (secondary N) is 1. The summed E-state index contributed by atoms with van der Waals surface area (Å²) in [6.07, 6.45) is 0. The fourth-order valence-electron chi connectivity index (χ4n) is 2.72. The molecule has 6 heteroatoms. The van der Waals surface area contributed by atoms with E-state index in [0.717, 1.165) is 22.0 Å². The molecule has 0 saturated carbocycles. The van der Waals surface area contributed by atoms with Crippen LogP contribution >= 0.6 is 11.3 Å². The molecule has 0 fully saturated rings. The van der Waals surface area contributed by atoms with Gasteiger partial charge in [-0.15, -0.1) is 11.3 Å². The van der Waals surface area contributed by atoms with E-state index in [1.807, 2.05) is 29.6 Å². The van der Waals surface area contributed by atoms with Crippen molar-refractivity contribution >= 4 is 33.5 Å². The van der Waals surface area contributed by atoms with Crippen molar-refractivity contribution in [2.75, 3.05) is 5.43 Å². The van der Waals surface area contributed by atoms with Gasteiger partial charge in [0.05, 0.1) is 11.4 Å². The van der Waals surface area contributed by atoms with Crippen molar-refractivity contribution < 1.29 is 4.39 Å². The van der Waals surface area contributed by atoms with Gasteiger partial charge in [0.25, 0.3) is 0 Å². The minimum Gasteiger partial charge on any atom is -0.277 e. The van der Waals surface area contributed by atoms with E-state index in [-0.39, 0.29) is 11.5 Å². The molecule has 4 nitrogen and oxygen atoms in total. The number of benzene rings is 3. The summed E-state index contributed by atoms with van der Waals surface area (Å²) in [6, 6.07) is 22.0. The van der Waals surface area contributed by atoms with Crippen LogP contribution in [0, 0.1) is 17.1 Å². The number of nitriles is 1. The Morgan fingerprint density at radius 2 is 1.81 bits per heavy atom. The summed E-state index contributed by atoms with van der Waals surface area (Å²) in [5.41, 5.74) is 5.35. The quantitative estimate of drug-likeness (QED) is 0.383. The fraction of sp³-hybridized carbons (Fsp3) is 0. The molecule has 1 aromatic heterocycles. The van der Waals surface area contributed by atoms with E-state index in [1.165, 1.54) is 23.5 Å². The first-order valence-electron chi connectivity index (χ1n) is 8.18. The lowest BCUT2D eigenvalue weighted by molar-refractivity contribution is 0.628. The van der Waals surface area contributed by atoms with Crippen LogP contribution in [0.3, 0.4) is 0 Å². The number of halogens is 1. The van der Waals surface area contributed by atoms with Crippen LogP contribution < -0.4 is 5.43 Å². The minimum absolute atomic E-state index is 0.177. The van der Waals surface area contributed by atoms with Crippen molar-refractivity contribution in [2.45, 2.75) is 0 Å². The average Bonchev–Trinajstić information content (AvgIpc) is 3.19. The van der Waals surface area contributed by atoms with Gasteiger partial charge in [0, 0.05) is 10.9 Å². The standard InChI is InChI=1S/C21H13FN4S/c22-15-8-10-16(11-9-15)25-26-19(12-23)21-24-20(13-27-21)18-7-3-5-14-4-1-2-6-17(14)18/h1-11,13,25H/b26-19-. The van der Waals surface area contributed by atoms with Gasteiger partial charge in [-0.05, 0) is 35.0 Å². The van der Waals surface area contributed by atoms with Crippen LogP contribution in [-0.2, 0) is 0 Å². The maximum Gasteiger partial charge on any atom is 0.196 e. The first-order valence-corrected chi connectivity index (χ1v) is 9.06. The third kappa shape index (κ3) is 3.54. The van der Waals surface area contributed by atoms with Crippen LogP contribution in [0.1, 0.15) is 5.01 Å². The summed E-state index contributed by atoms with van der Waals surface area (Å²) >= 11 is 1.36. The Labute approximate surface area is 159 Å². The zero-order valence-electron chi connectivity index (χ0n) is 14.1. The molecule has 0 saturated heterocycles. The second-order valence-corrected chi connectivity index (χ2v) is 6.61. The van der Waals surface area contributed by atoms with Gasteiger partial charge in [0.1, 0.15) is 11.9 Å². The van der Waals surface area contributed by atoms with Crippen molar-refractivity contribution in [1.82, 2.24) is 4.98 Å². The van der Waals surface area contributed by atoms with E-state index in [4.69, 9.17) is 0 Å². The highest BCUT2D eigenvalue weighted by Crippen LogP contribution is 2.29. The molecule has 0 spiro atoms. The highest BCUT2D eigenvalue weighted by Gasteiger charge is 2.12. The molecule has 0 atom stereocenters. The van der Waals surface area contributed by atoms with E-state index in [2.05, 4.69) is 39.8 Å². The molecule has 3 aromatic carbocycles. The second kappa shape index (κ2) is 7.36. The minimum atomic E-state index is -0.329. The Bertz CT molecular complexity index is 1170. The summed E-state index contributed by atoms with van der Waals surface area (Å²) in [5, 5.41) is 18.2. The van der Waals surface area contributed by atoms with Crippen LogP contribution in [0.2, 0.25) is 0 Å². The molecule has 0 aliphatic heterocycles. The predicted octanol–water partition coefficient (Wildman–Crippen LogP) is 5.44. The zero-order chi connectivity index (χ0) is 18.6. The van der Waals surface area contributed by atoms with Crippen LogP contribution in [0.4, 0.5) is 10.1 Å². The third-order valence-corrected chi connectivity index (χ3v) is 4.87. The van der Waals surface area contributed by atoms with Gasteiger partial charge in [0.2, 0.25) is 0 Å². The molecule has 0 unspecified atom stereocenters. The maximum atomic E-state index is 13.0. The van der Waals surface area contributed by atoms with Gasteiger partial charge >= 0.3 is 0 Å². The Kier molecular flexibility index (Phi) is 4.60. The van der Waals surface area contributed by atoms with E-state index >= 15 is 0 Å². The lowest BCUT2D eigenvalue weighted by Crippen LogP contribution is -2.01. The first kappa shape index (κ1) is 16.9. The van der Waals surface area contributed by atoms with Crippen LogP contribution in [-0.4, -0.2) is 10.7 Å². The molecule has 1 N–H and O–H groups in total. The molecule has 0 aliphatic rings. The smallest absolute Gasteiger partial charge is 0.196 e. The second-order valence-electron chi connectivity index (χ2n) is 5.76. The summed E-state index contributed by atoms with van der Waals surface area (Å²) in [4.78, 5) is 4.59. The largest absolute Gasteiger partial charge is 0.277 e. The number of aromatic nitrogens is 1. The Morgan fingerprint density at radius 3 is 2.63 bits per heavy atom. The molecule has 0 radical (unpaired) electrons. The molecule has 4 rings (SSSR count). The number of hydrogen-bond donors (Lipinski definition) is 1. The molecule has 27 heavy (non-hydrogen) atoms. The van der Waals surface area contributed by atoms with Crippen LogP contribution in [0.25, 0.3) is 22.0 Å². The van der Waals surface area contributed by atoms with Crippen LogP contribution in [0.5, 0.6) is 0 Å². The lowest BCUT2D eigenvalue weighted by Gasteiger charge is -2.03. The van der Waals surface area contributed by atoms with Gasteiger partial charge in [-0.1, -0.05) is 42.5 Å².